The number of halogens is 3. The van der Waals surface area contributed by atoms with Gasteiger partial charge in [0.15, 0.2) is 0 Å². The highest BCUT2D eigenvalue weighted by Gasteiger charge is 2.39. The monoisotopic (exact) mass is 643 g/mol. The van der Waals surface area contributed by atoms with Gasteiger partial charge in [0.1, 0.15) is 10.4 Å². The van der Waals surface area contributed by atoms with Crippen LogP contribution < -0.4 is 5.32 Å². The lowest BCUT2D eigenvalue weighted by Crippen LogP contribution is -2.42. The third kappa shape index (κ3) is 6.10. The summed E-state index contributed by atoms with van der Waals surface area (Å²) in [4.78, 5) is 27.8. The molecule has 1 N–H and O–H groups in total. The number of benzene rings is 1. The van der Waals surface area contributed by atoms with Crippen LogP contribution in [0.15, 0.2) is 29.3 Å². The molecule has 0 radical (unpaired) electrons. The van der Waals surface area contributed by atoms with Crippen molar-refractivity contribution in [1.82, 2.24) is 19.8 Å². The smallest absolute Gasteiger partial charge is 0.377 e. The van der Waals surface area contributed by atoms with Crippen LogP contribution in [-0.4, -0.2) is 69.8 Å². The van der Waals surface area contributed by atoms with E-state index in [1.165, 1.54) is 22.9 Å². The van der Waals surface area contributed by atoms with Crippen molar-refractivity contribution in [3.63, 3.8) is 0 Å². The number of thiophene rings is 1. The van der Waals surface area contributed by atoms with Crippen molar-refractivity contribution in [2.24, 2.45) is 0 Å². The van der Waals surface area contributed by atoms with Crippen molar-refractivity contribution in [1.29, 1.82) is 0 Å². The maximum Gasteiger partial charge on any atom is 0.420 e. The molecule has 1 aromatic carbocycles. The van der Waals surface area contributed by atoms with Crippen LogP contribution in [0.25, 0.3) is 10.6 Å². The van der Waals surface area contributed by atoms with E-state index in [9.17, 15) is 18.0 Å². The topological polar surface area (TPSA) is 70.6 Å². The summed E-state index contributed by atoms with van der Waals surface area (Å²) in [5, 5.41) is 3.30. The van der Waals surface area contributed by atoms with Gasteiger partial charge in [-0.15, -0.1) is 23.1 Å². The number of anilines is 2. The number of hydrogen-bond donors (Lipinski definition) is 1. The molecular weight excluding hydrogens is 608 g/mol. The number of ether oxygens (including phenoxy) is 1. The standard InChI is InChI=1S/C32H36F3N5O2S2/c1-31(2,42-3)17-39-9-8-19-13-24(22(18-4-5-18)12-20(19)16-39)37-30-36-15-23(32(33,34)35)27(38-30)25-14-26-28(44-25)29(41)40(10-11-43-26)21-6-7-21/h12-15,18,21H,4-11,16-17H2,1-3H3,(H,36,37,38). The molecule has 1 amide bonds. The second-order valence-electron chi connectivity index (χ2n) is 12.9. The molecule has 12 heteroatoms. The van der Waals surface area contributed by atoms with Gasteiger partial charge in [-0.3, -0.25) is 9.69 Å². The second-order valence-corrected chi connectivity index (χ2v) is 15.1. The lowest BCUT2D eigenvalue weighted by Gasteiger charge is -2.35. The largest absolute Gasteiger partial charge is 0.420 e. The maximum atomic E-state index is 14.2. The molecule has 7 rings (SSSR count). The van der Waals surface area contributed by atoms with Crippen LogP contribution in [0.3, 0.4) is 0 Å². The Morgan fingerprint density at radius 2 is 1.89 bits per heavy atom. The van der Waals surface area contributed by atoms with E-state index in [1.807, 2.05) is 4.90 Å². The Balaban J connectivity index is 1.21. The molecule has 2 saturated carbocycles. The Bertz CT molecular complexity index is 1600. The number of carbonyl (C=O) groups is 1. The van der Waals surface area contributed by atoms with Crippen molar-refractivity contribution in [2.45, 2.75) is 81.1 Å². The fourth-order valence-corrected chi connectivity index (χ4v) is 8.51. The zero-order valence-electron chi connectivity index (χ0n) is 25.1. The average Bonchev–Trinajstić information content (AvgIpc) is 3.91. The summed E-state index contributed by atoms with van der Waals surface area (Å²) in [5.74, 6) is 1.17. The number of nitrogens with zero attached hydrogens (tertiary/aromatic N) is 4. The third-order valence-electron chi connectivity index (χ3n) is 8.94. The first-order valence-electron chi connectivity index (χ1n) is 15.2. The Kier molecular flexibility index (Phi) is 7.70. The van der Waals surface area contributed by atoms with Crippen molar-refractivity contribution >= 4 is 40.6 Å². The van der Waals surface area contributed by atoms with E-state index >= 15 is 0 Å². The molecule has 2 fully saturated rings. The first-order chi connectivity index (χ1) is 21.0. The molecule has 0 unspecified atom stereocenters. The van der Waals surface area contributed by atoms with Crippen LogP contribution >= 0.6 is 23.1 Å². The Labute approximate surface area is 263 Å². The highest BCUT2D eigenvalue weighted by molar-refractivity contribution is 7.99. The Morgan fingerprint density at radius 1 is 1.09 bits per heavy atom. The summed E-state index contributed by atoms with van der Waals surface area (Å²) in [7, 11) is 1.74. The van der Waals surface area contributed by atoms with Gasteiger partial charge in [-0.1, -0.05) is 6.07 Å². The van der Waals surface area contributed by atoms with Gasteiger partial charge >= 0.3 is 6.18 Å². The first kappa shape index (κ1) is 30.0. The molecule has 0 spiro atoms. The number of methoxy groups -OCH3 is 1. The number of thioether (sulfide) groups is 1. The molecule has 2 aliphatic heterocycles. The van der Waals surface area contributed by atoms with Crippen molar-refractivity contribution in [2.75, 3.05) is 37.8 Å². The minimum absolute atomic E-state index is 0.0859. The lowest BCUT2D eigenvalue weighted by molar-refractivity contribution is -0.137. The predicted octanol–water partition coefficient (Wildman–Crippen LogP) is 7.34. The fraction of sp³-hybridized carbons (Fsp3) is 0.531. The maximum absolute atomic E-state index is 14.2. The van der Waals surface area contributed by atoms with Crippen LogP contribution in [0.5, 0.6) is 0 Å². The minimum atomic E-state index is -4.64. The molecule has 4 aliphatic rings. The highest BCUT2D eigenvalue weighted by atomic mass is 32.2. The number of alkyl halides is 3. The summed E-state index contributed by atoms with van der Waals surface area (Å²) in [6.07, 6.45) is 1.23. The third-order valence-corrected chi connectivity index (χ3v) is 11.2. The Morgan fingerprint density at radius 3 is 2.59 bits per heavy atom. The number of hydrogen-bond acceptors (Lipinski definition) is 8. The van der Waals surface area contributed by atoms with E-state index in [4.69, 9.17) is 4.74 Å². The molecule has 3 aromatic rings. The van der Waals surface area contributed by atoms with E-state index in [-0.39, 0.29) is 29.2 Å². The van der Waals surface area contributed by atoms with Gasteiger partial charge < -0.3 is 15.0 Å². The van der Waals surface area contributed by atoms with E-state index in [1.54, 1.807) is 13.2 Å². The zero-order chi connectivity index (χ0) is 30.8. The van der Waals surface area contributed by atoms with Crippen LogP contribution in [0, 0.1) is 0 Å². The number of nitrogens with one attached hydrogen (secondary N) is 1. The quantitative estimate of drug-likeness (QED) is 0.276. The number of rotatable bonds is 8. The summed E-state index contributed by atoms with van der Waals surface area (Å²) in [5.41, 5.74) is 3.20. The Hall–Kier alpha value is -2.67. The van der Waals surface area contributed by atoms with Crippen LogP contribution in [0.1, 0.15) is 77.4 Å². The van der Waals surface area contributed by atoms with Crippen LogP contribution in [0.2, 0.25) is 0 Å². The van der Waals surface area contributed by atoms with Crippen LogP contribution in [0.4, 0.5) is 24.8 Å². The number of carbonyl (C=O) groups excluding carboxylic acids is 1. The summed E-state index contributed by atoms with van der Waals surface area (Å²) < 4.78 is 48.3. The number of amides is 1. The van der Waals surface area contributed by atoms with Gasteiger partial charge in [0.2, 0.25) is 5.95 Å². The van der Waals surface area contributed by atoms with Gasteiger partial charge in [0.25, 0.3) is 5.91 Å². The molecule has 2 aliphatic carbocycles. The second kappa shape index (κ2) is 11.3. The molecule has 0 atom stereocenters. The lowest BCUT2D eigenvalue weighted by atomic mass is 9.93. The summed E-state index contributed by atoms with van der Waals surface area (Å²) in [6, 6.07) is 6.35. The first-order valence-corrected chi connectivity index (χ1v) is 17.0. The fourth-order valence-electron chi connectivity index (χ4n) is 6.19. The molecule has 7 nitrogen and oxygen atoms in total. The van der Waals surface area contributed by atoms with Gasteiger partial charge in [-0.25, -0.2) is 9.97 Å². The molecule has 0 saturated heterocycles. The molecule has 4 heterocycles. The highest BCUT2D eigenvalue weighted by Crippen LogP contribution is 2.47. The van der Waals surface area contributed by atoms with Crippen LogP contribution in [-0.2, 0) is 23.9 Å². The summed E-state index contributed by atoms with van der Waals surface area (Å²) >= 11 is 2.63. The van der Waals surface area contributed by atoms with E-state index < -0.39 is 11.7 Å². The average molecular weight is 644 g/mol. The number of aromatic nitrogens is 2. The van der Waals surface area contributed by atoms with Gasteiger partial charge in [-0.2, -0.15) is 13.2 Å². The molecule has 2 aromatic heterocycles. The minimum Gasteiger partial charge on any atom is -0.377 e. The normalized spacial score (nSPS) is 19.5. The molecular formula is C32H36F3N5O2S2. The zero-order valence-corrected chi connectivity index (χ0v) is 26.7. The van der Waals surface area contributed by atoms with E-state index in [0.29, 0.717) is 22.2 Å². The van der Waals surface area contributed by atoms with Crippen molar-refractivity contribution in [3.05, 3.63) is 51.5 Å². The molecule has 0 bridgehead atoms. The van der Waals surface area contributed by atoms with E-state index in [0.717, 1.165) is 91.2 Å². The van der Waals surface area contributed by atoms with Gasteiger partial charge in [-0.05, 0) is 80.7 Å². The van der Waals surface area contributed by atoms with Gasteiger partial charge in [0, 0.05) is 61.9 Å². The van der Waals surface area contributed by atoms with Gasteiger partial charge in [0.05, 0.1) is 16.2 Å². The van der Waals surface area contributed by atoms with E-state index in [2.05, 4.69) is 46.2 Å². The molecule has 234 valence electrons. The molecule has 44 heavy (non-hydrogen) atoms. The van der Waals surface area contributed by atoms with Crippen molar-refractivity contribution in [3.8, 4) is 10.6 Å². The summed E-state index contributed by atoms with van der Waals surface area (Å²) in [6.45, 7) is 7.42. The number of fused-ring (bicyclic) bond motifs is 2. The SMILES string of the molecule is COC(C)(C)CN1CCc2cc(Nc3ncc(C(F)(F)F)c(-c4cc5c(s4)C(=O)N(C4CC4)CCS5)n3)c(C3CC3)cc2C1. The van der Waals surface area contributed by atoms with Crippen molar-refractivity contribution < 1.29 is 22.7 Å². The predicted molar refractivity (Wildman–Crippen MR) is 167 cm³/mol.